The lowest BCUT2D eigenvalue weighted by Crippen LogP contribution is -2.43. The number of hydrogen-bond acceptors (Lipinski definition) is 3. The van der Waals surface area contributed by atoms with Crippen LogP contribution in [0.25, 0.3) is 10.9 Å². The molecule has 0 spiro atoms. The predicted molar refractivity (Wildman–Crippen MR) is 126 cm³/mol. The molecule has 0 aliphatic heterocycles. The van der Waals surface area contributed by atoms with Crippen LogP contribution in [-0.2, 0) is 22.7 Å². The van der Waals surface area contributed by atoms with Gasteiger partial charge in [0.2, 0.25) is 11.8 Å². The van der Waals surface area contributed by atoms with Crippen molar-refractivity contribution in [1.29, 1.82) is 0 Å². The quantitative estimate of drug-likeness (QED) is 0.461. The second-order valence-corrected chi connectivity index (χ2v) is 9.26. The van der Waals surface area contributed by atoms with E-state index in [4.69, 9.17) is 17.3 Å². The summed E-state index contributed by atoms with van der Waals surface area (Å²) in [6.45, 7) is -0.214. The van der Waals surface area contributed by atoms with Crippen LogP contribution in [0.5, 0.6) is 0 Å². The number of primary amides is 1. The molecule has 0 unspecified atom stereocenters. The van der Waals surface area contributed by atoms with Gasteiger partial charge >= 0.3 is 0 Å². The molecule has 0 atom stereocenters. The molecule has 172 valence electrons. The van der Waals surface area contributed by atoms with Gasteiger partial charge in [-0.1, -0.05) is 39.7 Å². The first-order chi connectivity index (χ1) is 15.7. The lowest BCUT2D eigenvalue weighted by Gasteiger charge is -2.22. The van der Waals surface area contributed by atoms with Gasteiger partial charge in [0, 0.05) is 39.7 Å². The van der Waals surface area contributed by atoms with Crippen molar-refractivity contribution in [2.75, 3.05) is 6.54 Å². The van der Waals surface area contributed by atoms with Gasteiger partial charge in [-0.15, -0.1) is 0 Å². The lowest BCUT2D eigenvalue weighted by atomic mass is 10.2. The highest BCUT2D eigenvalue weighted by atomic mass is 79.9. The maximum atomic E-state index is 14.0. The molecule has 1 saturated carbocycles. The molecular weight excluding hydrogens is 515 g/mol. The van der Waals surface area contributed by atoms with Crippen LogP contribution < -0.4 is 11.1 Å². The predicted octanol–water partition coefficient (Wildman–Crippen LogP) is 3.60. The molecular formula is C23H21BrClFN4O3. The summed E-state index contributed by atoms with van der Waals surface area (Å²) in [4.78, 5) is 39.0. The molecule has 3 aromatic rings. The van der Waals surface area contributed by atoms with Crippen LogP contribution in [0.1, 0.15) is 28.8 Å². The average molecular weight is 536 g/mol. The maximum absolute atomic E-state index is 14.0. The summed E-state index contributed by atoms with van der Waals surface area (Å²) in [6.07, 6.45) is 3.19. The summed E-state index contributed by atoms with van der Waals surface area (Å²) in [5.41, 5.74) is 6.79. The standard InChI is InChI=1S/C23H21BrClFN4O3/c24-14-4-7-19-16(8-14)17(23(27)33)10-29(19)12-21(32)30(15-5-6-15)11-20(31)28-9-13-2-1-3-18(25)22(13)26/h1-4,7-8,10,15H,5-6,9,11-12H2,(H2,27,33)(H,28,31). The fraction of sp³-hybridized carbons (Fsp3) is 0.261. The van der Waals surface area contributed by atoms with Crippen molar-refractivity contribution in [3.8, 4) is 0 Å². The van der Waals surface area contributed by atoms with Gasteiger partial charge in [-0.05, 0) is 37.1 Å². The maximum Gasteiger partial charge on any atom is 0.250 e. The minimum Gasteiger partial charge on any atom is -0.366 e. The van der Waals surface area contributed by atoms with Crippen LogP contribution in [0.2, 0.25) is 5.02 Å². The molecule has 1 aliphatic carbocycles. The van der Waals surface area contributed by atoms with E-state index in [1.807, 2.05) is 6.07 Å². The summed E-state index contributed by atoms with van der Waals surface area (Å²) >= 11 is 9.16. The van der Waals surface area contributed by atoms with Gasteiger partial charge in [-0.25, -0.2) is 4.39 Å². The third kappa shape index (κ3) is 5.20. The molecule has 1 fully saturated rings. The second-order valence-electron chi connectivity index (χ2n) is 7.94. The van der Waals surface area contributed by atoms with Crippen LogP contribution in [-0.4, -0.2) is 39.8 Å². The Bertz CT molecular complexity index is 1260. The number of hydrogen-bond donors (Lipinski definition) is 2. The van der Waals surface area contributed by atoms with E-state index in [-0.39, 0.29) is 42.2 Å². The fourth-order valence-electron chi connectivity index (χ4n) is 3.73. The number of benzene rings is 2. The van der Waals surface area contributed by atoms with E-state index in [0.717, 1.165) is 17.3 Å². The van der Waals surface area contributed by atoms with Crippen LogP contribution >= 0.6 is 27.5 Å². The van der Waals surface area contributed by atoms with Crippen molar-refractivity contribution in [1.82, 2.24) is 14.8 Å². The van der Waals surface area contributed by atoms with E-state index >= 15 is 0 Å². The zero-order valence-electron chi connectivity index (χ0n) is 17.5. The highest BCUT2D eigenvalue weighted by Crippen LogP contribution is 2.29. The number of halogens is 3. The number of nitrogens with one attached hydrogen (secondary N) is 1. The molecule has 2 aromatic carbocycles. The van der Waals surface area contributed by atoms with Crippen molar-refractivity contribution in [2.45, 2.75) is 32.0 Å². The Morgan fingerprint density at radius 3 is 2.70 bits per heavy atom. The van der Waals surface area contributed by atoms with Gasteiger partial charge < -0.3 is 20.5 Å². The number of carbonyl (C=O) groups is 3. The summed E-state index contributed by atoms with van der Waals surface area (Å²) < 4.78 is 16.5. The largest absolute Gasteiger partial charge is 0.366 e. The van der Waals surface area contributed by atoms with Gasteiger partial charge in [0.15, 0.2) is 0 Å². The topological polar surface area (TPSA) is 97.4 Å². The van der Waals surface area contributed by atoms with Crippen molar-refractivity contribution >= 4 is 56.2 Å². The third-order valence-electron chi connectivity index (χ3n) is 5.54. The Balaban J connectivity index is 1.47. The molecule has 0 saturated heterocycles. The molecule has 0 radical (unpaired) electrons. The molecule has 33 heavy (non-hydrogen) atoms. The highest BCUT2D eigenvalue weighted by Gasteiger charge is 2.34. The third-order valence-corrected chi connectivity index (χ3v) is 6.33. The van der Waals surface area contributed by atoms with Crippen LogP contribution in [0, 0.1) is 5.82 Å². The first-order valence-corrected chi connectivity index (χ1v) is 11.5. The van der Waals surface area contributed by atoms with Crippen LogP contribution in [0.15, 0.2) is 47.1 Å². The SMILES string of the molecule is NC(=O)c1cn(CC(=O)N(CC(=O)NCc2cccc(Cl)c2F)C2CC2)c2ccc(Br)cc12. The summed E-state index contributed by atoms with van der Waals surface area (Å²) in [7, 11) is 0. The minimum absolute atomic E-state index is 0.0159. The number of carbonyl (C=O) groups excluding carboxylic acids is 3. The van der Waals surface area contributed by atoms with Crippen LogP contribution in [0.3, 0.4) is 0 Å². The van der Waals surface area contributed by atoms with E-state index in [2.05, 4.69) is 21.2 Å². The summed E-state index contributed by atoms with van der Waals surface area (Å²) in [5.74, 6) is -1.81. The Morgan fingerprint density at radius 2 is 2.00 bits per heavy atom. The van der Waals surface area contributed by atoms with Gasteiger partial charge in [0.25, 0.3) is 5.91 Å². The highest BCUT2D eigenvalue weighted by molar-refractivity contribution is 9.10. The zero-order chi connectivity index (χ0) is 23.7. The molecule has 3 N–H and O–H groups in total. The molecule has 0 bridgehead atoms. The van der Waals surface area contributed by atoms with Crippen molar-refractivity contribution in [3.63, 3.8) is 0 Å². The van der Waals surface area contributed by atoms with E-state index < -0.39 is 17.6 Å². The second kappa shape index (κ2) is 9.52. The first kappa shape index (κ1) is 23.3. The van der Waals surface area contributed by atoms with Gasteiger partial charge in [-0.3, -0.25) is 14.4 Å². The average Bonchev–Trinajstić information content (AvgIpc) is 3.55. The van der Waals surface area contributed by atoms with Gasteiger partial charge in [0.1, 0.15) is 12.4 Å². The van der Waals surface area contributed by atoms with E-state index in [0.29, 0.717) is 16.5 Å². The fourth-order valence-corrected chi connectivity index (χ4v) is 4.28. The van der Waals surface area contributed by atoms with Gasteiger partial charge in [-0.2, -0.15) is 0 Å². The minimum atomic E-state index is -0.587. The van der Waals surface area contributed by atoms with Crippen molar-refractivity contribution < 1.29 is 18.8 Å². The molecule has 1 aliphatic rings. The van der Waals surface area contributed by atoms with Gasteiger partial charge in [0.05, 0.1) is 17.1 Å². The Labute approximate surface area is 202 Å². The normalized spacial score (nSPS) is 13.2. The molecule has 1 heterocycles. The molecule has 1 aromatic heterocycles. The molecule has 4 rings (SSSR count). The Morgan fingerprint density at radius 1 is 1.24 bits per heavy atom. The number of amides is 3. The molecule has 10 heteroatoms. The number of nitrogens with zero attached hydrogens (tertiary/aromatic N) is 2. The summed E-state index contributed by atoms with van der Waals surface area (Å²) in [5, 5.41) is 3.28. The smallest absolute Gasteiger partial charge is 0.250 e. The van der Waals surface area contributed by atoms with Crippen LogP contribution in [0.4, 0.5) is 4.39 Å². The number of aromatic nitrogens is 1. The Hall–Kier alpha value is -2.91. The first-order valence-electron chi connectivity index (χ1n) is 10.3. The van der Waals surface area contributed by atoms with E-state index in [9.17, 15) is 18.8 Å². The number of nitrogens with two attached hydrogens (primary N) is 1. The lowest BCUT2D eigenvalue weighted by molar-refractivity contribution is -0.137. The monoisotopic (exact) mass is 534 g/mol. The van der Waals surface area contributed by atoms with E-state index in [1.165, 1.54) is 17.0 Å². The molecule has 3 amide bonds. The summed E-state index contributed by atoms with van der Waals surface area (Å²) in [6, 6.07) is 9.95. The number of fused-ring (bicyclic) bond motifs is 1. The van der Waals surface area contributed by atoms with Crippen molar-refractivity contribution in [3.05, 3.63) is 69.0 Å². The molecule has 7 nitrogen and oxygen atoms in total. The van der Waals surface area contributed by atoms with Crippen molar-refractivity contribution in [2.24, 2.45) is 5.73 Å². The van der Waals surface area contributed by atoms with E-state index in [1.54, 1.807) is 29.0 Å². The zero-order valence-corrected chi connectivity index (χ0v) is 19.8. The number of rotatable bonds is 8. The Kier molecular flexibility index (Phi) is 6.71.